The van der Waals surface area contributed by atoms with Gasteiger partial charge in [0.25, 0.3) is 5.91 Å². The number of nitrogens with zero attached hydrogens (tertiary/aromatic N) is 1. The summed E-state index contributed by atoms with van der Waals surface area (Å²) in [5.41, 5.74) is 13.0. The van der Waals surface area contributed by atoms with Crippen LogP contribution in [-0.4, -0.2) is 36.3 Å². The Bertz CT molecular complexity index is 536. The van der Waals surface area contributed by atoms with Gasteiger partial charge in [-0.1, -0.05) is 0 Å². The van der Waals surface area contributed by atoms with Crippen molar-refractivity contribution >= 4 is 23.2 Å². The smallest absolute Gasteiger partial charge is 0.255 e. The van der Waals surface area contributed by atoms with Crippen LogP contribution in [0, 0.1) is 5.92 Å². The quantitative estimate of drug-likeness (QED) is 0.718. The first-order valence-electron chi connectivity index (χ1n) is 7.16. The van der Waals surface area contributed by atoms with Crippen LogP contribution in [0.2, 0.25) is 0 Å². The molecule has 0 bridgehead atoms. The SMILES string of the molecule is CC(=O)NCC1CCN(C(=O)c2ccc(N)cc2N)CC1. The number of benzene rings is 1. The second kappa shape index (κ2) is 6.47. The molecule has 21 heavy (non-hydrogen) atoms. The maximum absolute atomic E-state index is 12.4. The summed E-state index contributed by atoms with van der Waals surface area (Å²) >= 11 is 0. The Morgan fingerprint density at radius 1 is 1.29 bits per heavy atom. The first kappa shape index (κ1) is 15.2. The molecule has 0 aliphatic carbocycles. The van der Waals surface area contributed by atoms with Crippen molar-refractivity contribution in [1.29, 1.82) is 0 Å². The highest BCUT2D eigenvalue weighted by Gasteiger charge is 2.24. The number of hydrogen-bond acceptors (Lipinski definition) is 4. The summed E-state index contributed by atoms with van der Waals surface area (Å²) in [6, 6.07) is 4.97. The lowest BCUT2D eigenvalue weighted by molar-refractivity contribution is -0.119. The summed E-state index contributed by atoms with van der Waals surface area (Å²) in [5.74, 6) is 0.371. The summed E-state index contributed by atoms with van der Waals surface area (Å²) in [6.45, 7) is 3.57. The number of piperidine rings is 1. The third kappa shape index (κ3) is 3.87. The van der Waals surface area contributed by atoms with Gasteiger partial charge in [0.15, 0.2) is 0 Å². The van der Waals surface area contributed by atoms with E-state index in [1.807, 2.05) is 4.90 Å². The van der Waals surface area contributed by atoms with Crippen molar-refractivity contribution in [3.05, 3.63) is 23.8 Å². The number of hydrogen-bond donors (Lipinski definition) is 3. The van der Waals surface area contributed by atoms with E-state index in [0.29, 0.717) is 42.5 Å². The van der Waals surface area contributed by atoms with E-state index in [9.17, 15) is 9.59 Å². The number of amides is 2. The number of likely N-dealkylation sites (tertiary alicyclic amines) is 1. The molecule has 1 aromatic rings. The average Bonchev–Trinajstić information content (AvgIpc) is 2.45. The van der Waals surface area contributed by atoms with Gasteiger partial charge in [-0.05, 0) is 37.0 Å². The fraction of sp³-hybridized carbons (Fsp3) is 0.467. The van der Waals surface area contributed by atoms with Gasteiger partial charge in [-0.25, -0.2) is 0 Å². The Kier molecular flexibility index (Phi) is 4.67. The van der Waals surface area contributed by atoms with Crippen LogP contribution in [0.3, 0.4) is 0 Å². The standard InChI is InChI=1S/C15H22N4O2/c1-10(20)18-9-11-4-6-19(7-5-11)15(21)13-3-2-12(16)8-14(13)17/h2-3,8,11H,4-7,9,16-17H2,1H3,(H,18,20). The number of carbonyl (C=O) groups excluding carboxylic acids is 2. The van der Waals surface area contributed by atoms with Crippen molar-refractivity contribution < 1.29 is 9.59 Å². The Hall–Kier alpha value is -2.24. The Balaban J connectivity index is 1.92. The van der Waals surface area contributed by atoms with Crippen LogP contribution in [-0.2, 0) is 4.79 Å². The van der Waals surface area contributed by atoms with E-state index in [1.165, 1.54) is 6.92 Å². The monoisotopic (exact) mass is 290 g/mol. The van der Waals surface area contributed by atoms with Gasteiger partial charge in [-0.3, -0.25) is 9.59 Å². The van der Waals surface area contributed by atoms with Gasteiger partial charge >= 0.3 is 0 Å². The normalized spacial score (nSPS) is 15.8. The van der Waals surface area contributed by atoms with Gasteiger partial charge in [-0.2, -0.15) is 0 Å². The number of nitrogen functional groups attached to an aromatic ring is 2. The summed E-state index contributed by atoms with van der Waals surface area (Å²) in [6.07, 6.45) is 1.78. The topological polar surface area (TPSA) is 101 Å². The summed E-state index contributed by atoms with van der Waals surface area (Å²) in [5, 5.41) is 2.83. The van der Waals surface area contributed by atoms with Crippen LogP contribution < -0.4 is 16.8 Å². The van der Waals surface area contributed by atoms with Gasteiger partial charge in [0, 0.05) is 37.9 Å². The van der Waals surface area contributed by atoms with Crippen molar-refractivity contribution in [2.45, 2.75) is 19.8 Å². The van der Waals surface area contributed by atoms with Crippen LogP contribution in [0.4, 0.5) is 11.4 Å². The average molecular weight is 290 g/mol. The molecule has 0 aromatic heterocycles. The molecule has 1 aliphatic rings. The molecule has 6 nitrogen and oxygen atoms in total. The van der Waals surface area contributed by atoms with Crippen molar-refractivity contribution in [1.82, 2.24) is 10.2 Å². The van der Waals surface area contributed by atoms with Gasteiger partial charge in [-0.15, -0.1) is 0 Å². The number of nitrogens with one attached hydrogen (secondary N) is 1. The fourth-order valence-electron chi connectivity index (χ4n) is 2.57. The molecule has 1 aliphatic heterocycles. The Morgan fingerprint density at radius 2 is 1.95 bits per heavy atom. The molecule has 1 heterocycles. The highest BCUT2D eigenvalue weighted by Crippen LogP contribution is 2.22. The maximum Gasteiger partial charge on any atom is 0.255 e. The van der Waals surface area contributed by atoms with Gasteiger partial charge < -0.3 is 21.7 Å². The van der Waals surface area contributed by atoms with Crippen molar-refractivity contribution in [2.75, 3.05) is 31.1 Å². The fourth-order valence-corrected chi connectivity index (χ4v) is 2.57. The Morgan fingerprint density at radius 3 is 2.52 bits per heavy atom. The zero-order valence-electron chi connectivity index (χ0n) is 12.3. The molecule has 114 valence electrons. The van der Waals surface area contributed by atoms with Crippen LogP contribution in [0.15, 0.2) is 18.2 Å². The minimum atomic E-state index is -0.0505. The highest BCUT2D eigenvalue weighted by molar-refractivity contribution is 5.99. The van der Waals surface area contributed by atoms with Crippen LogP contribution in [0.5, 0.6) is 0 Å². The van der Waals surface area contributed by atoms with Crippen molar-refractivity contribution in [3.8, 4) is 0 Å². The second-order valence-electron chi connectivity index (χ2n) is 5.52. The minimum absolute atomic E-state index is 0.0110. The molecule has 1 saturated heterocycles. The maximum atomic E-state index is 12.4. The third-order valence-corrected chi connectivity index (χ3v) is 3.85. The predicted molar refractivity (Wildman–Crippen MR) is 82.6 cm³/mol. The van der Waals surface area contributed by atoms with Crippen LogP contribution in [0.25, 0.3) is 0 Å². The molecular weight excluding hydrogens is 268 g/mol. The lowest BCUT2D eigenvalue weighted by atomic mass is 9.96. The van der Waals surface area contributed by atoms with E-state index in [4.69, 9.17) is 11.5 Å². The largest absolute Gasteiger partial charge is 0.399 e. The van der Waals surface area contributed by atoms with Crippen molar-refractivity contribution in [2.24, 2.45) is 5.92 Å². The van der Waals surface area contributed by atoms with Gasteiger partial charge in [0.2, 0.25) is 5.91 Å². The number of anilines is 2. The van der Waals surface area contributed by atoms with E-state index < -0.39 is 0 Å². The number of nitrogens with two attached hydrogens (primary N) is 2. The lowest BCUT2D eigenvalue weighted by Crippen LogP contribution is -2.41. The van der Waals surface area contributed by atoms with E-state index in [1.54, 1.807) is 18.2 Å². The molecule has 1 fully saturated rings. The van der Waals surface area contributed by atoms with Crippen molar-refractivity contribution in [3.63, 3.8) is 0 Å². The van der Waals surface area contributed by atoms with E-state index in [2.05, 4.69) is 5.32 Å². The van der Waals surface area contributed by atoms with E-state index in [0.717, 1.165) is 12.8 Å². The number of carbonyl (C=O) groups is 2. The van der Waals surface area contributed by atoms with Crippen LogP contribution >= 0.6 is 0 Å². The Labute approximate surface area is 124 Å². The van der Waals surface area contributed by atoms with E-state index >= 15 is 0 Å². The lowest BCUT2D eigenvalue weighted by Gasteiger charge is -2.32. The molecule has 0 radical (unpaired) electrons. The molecule has 0 unspecified atom stereocenters. The molecule has 0 spiro atoms. The zero-order valence-corrected chi connectivity index (χ0v) is 12.3. The summed E-state index contributed by atoms with van der Waals surface area (Å²) in [7, 11) is 0. The molecule has 1 aromatic carbocycles. The molecule has 0 saturated carbocycles. The summed E-state index contributed by atoms with van der Waals surface area (Å²) in [4.78, 5) is 25.2. The first-order chi connectivity index (χ1) is 9.97. The van der Waals surface area contributed by atoms with Gasteiger partial charge in [0.1, 0.15) is 0 Å². The third-order valence-electron chi connectivity index (χ3n) is 3.85. The second-order valence-corrected chi connectivity index (χ2v) is 5.52. The zero-order chi connectivity index (χ0) is 15.4. The molecular formula is C15H22N4O2. The molecule has 2 amide bonds. The highest BCUT2D eigenvalue weighted by atomic mass is 16.2. The van der Waals surface area contributed by atoms with Gasteiger partial charge in [0.05, 0.1) is 5.56 Å². The minimum Gasteiger partial charge on any atom is -0.399 e. The first-order valence-corrected chi connectivity index (χ1v) is 7.16. The molecule has 0 atom stereocenters. The summed E-state index contributed by atoms with van der Waals surface area (Å²) < 4.78 is 0. The number of rotatable bonds is 3. The van der Waals surface area contributed by atoms with Crippen LogP contribution in [0.1, 0.15) is 30.1 Å². The molecule has 2 rings (SSSR count). The van der Waals surface area contributed by atoms with E-state index in [-0.39, 0.29) is 11.8 Å². The predicted octanol–water partition coefficient (Wildman–Crippen LogP) is 0.839. The molecule has 6 heteroatoms. The molecule has 5 N–H and O–H groups in total.